The van der Waals surface area contributed by atoms with Gasteiger partial charge in [0.2, 0.25) is 0 Å². The van der Waals surface area contributed by atoms with Crippen LogP contribution < -0.4 is 5.32 Å². The topological polar surface area (TPSA) is 15.3 Å². The number of unbranched alkanes of at least 4 members (excludes halogenated alkanes) is 2. The van der Waals surface area contributed by atoms with E-state index < -0.39 is 0 Å². The van der Waals surface area contributed by atoms with Crippen LogP contribution in [-0.4, -0.2) is 30.6 Å². The summed E-state index contributed by atoms with van der Waals surface area (Å²) in [6.45, 7) is 10.4. The molecule has 1 aromatic carbocycles. The maximum atomic E-state index is 3.72. The van der Waals surface area contributed by atoms with E-state index in [1.165, 1.54) is 37.8 Å². The molecular weight excluding hydrogens is 244 g/mol. The molecule has 2 heteroatoms. The Bertz CT molecular complexity index is 390. The van der Waals surface area contributed by atoms with E-state index in [-0.39, 0.29) is 5.54 Å². The molecule has 1 aliphatic rings. The largest absolute Gasteiger partial charge is 0.305 e. The van der Waals surface area contributed by atoms with E-state index in [2.05, 4.69) is 61.3 Å². The average molecular weight is 274 g/mol. The fraction of sp³-hybridized carbons (Fsp3) is 0.667. The van der Waals surface area contributed by atoms with Crippen molar-refractivity contribution in [2.45, 2.75) is 58.0 Å². The monoisotopic (exact) mass is 274 g/mol. The van der Waals surface area contributed by atoms with Gasteiger partial charge in [0.1, 0.15) is 0 Å². The van der Waals surface area contributed by atoms with Gasteiger partial charge in [-0.25, -0.2) is 0 Å². The van der Waals surface area contributed by atoms with Gasteiger partial charge in [-0.15, -0.1) is 0 Å². The lowest BCUT2D eigenvalue weighted by Gasteiger charge is -2.44. The number of hydrogen-bond donors (Lipinski definition) is 1. The zero-order chi connectivity index (χ0) is 14.4. The van der Waals surface area contributed by atoms with E-state index in [0.717, 1.165) is 13.1 Å². The van der Waals surface area contributed by atoms with Crippen LogP contribution >= 0.6 is 0 Å². The third-order valence-corrected chi connectivity index (χ3v) is 4.69. The zero-order valence-electron chi connectivity index (χ0n) is 13.4. The quantitative estimate of drug-likeness (QED) is 0.794. The van der Waals surface area contributed by atoms with Gasteiger partial charge in [0.05, 0.1) is 5.54 Å². The minimum absolute atomic E-state index is 0.0958. The highest BCUT2D eigenvalue weighted by atomic mass is 15.2. The van der Waals surface area contributed by atoms with Gasteiger partial charge in [-0.05, 0) is 25.8 Å². The smallest absolute Gasteiger partial charge is 0.0535 e. The molecule has 0 saturated carbocycles. The fourth-order valence-corrected chi connectivity index (χ4v) is 3.26. The Balaban J connectivity index is 1.97. The van der Waals surface area contributed by atoms with Crippen LogP contribution in [0.5, 0.6) is 0 Å². The Labute approximate surface area is 124 Å². The van der Waals surface area contributed by atoms with Crippen molar-refractivity contribution >= 4 is 0 Å². The van der Waals surface area contributed by atoms with Gasteiger partial charge in [0.15, 0.2) is 0 Å². The van der Waals surface area contributed by atoms with Crippen LogP contribution in [0.4, 0.5) is 0 Å². The maximum Gasteiger partial charge on any atom is 0.0535 e. The molecule has 2 rings (SSSR count). The Morgan fingerprint density at radius 3 is 2.70 bits per heavy atom. The van der Waals surface area contributed by atoms with Crippen LogP contribution in [0.3, 0.4) is 0 Å². The van der Waals surface area contributed by atoms with Crippen molar-refractivity contribution in [3.63, 3.8) is 0 Å². The predicted molar refractivity (Wildman–Crippen MR) is 87.0 cm³/mol. The molecule has 0 bridgehead atoms. The summed E-state index contributed by atoms with van der Waals surface area (Å²) in [6, 6.07) is 11.6. The Kier molecular flexibility index (Phi) is 5.62. The molecule has 0 aromatic heterocycles. The first-order valence-corrected chi connectivity index (χ1v) is 8.20. The number of rotatable bonds is 6. The second kappa shape index (κ2) is 7.24. The summed E-state index contributed by atoms with van der Waals surface area (Å²) in [5.74, 6) is 0. The summed E-state index contributed by atoms with van der Waals surface area (Å²) in [5.41, 5.74) is 1.50. The standard InChI is InChI=1S/C18H30N2/c1-4-5-7-10-16(2)20-14-13-19-18(3,15-20)17-11-8-6-9-12-17/h6,8-9,11-12,16,19H,4-5,7,10,13-15H2,1-3H3. The van der Waals surface area contributed by atoms with Crippen molar-refractivity contribution in [2.75, 3.05) is 19.6 Å². The average Bonchev–Trinajstić information content (AvgIpc) is 2.48. The molecule has 0 radical (unpaired) electrons. The van der Waals surface area contributed by atoms with E-state index in [1.807, 2.05) is 0 Å². The van der Waals surface area contributed by atoms with E-state index in [0.29, 0.717) is 6.04 Å². The maximum absolute atomic E-state index is 3.72. The third-order valence-electron chi connectivity index (χ3n) is 4.69. The molecule has 0 spiro atoms. The van der Waals surface area contributed by atoms with Crippen molar-refractivity contribution < 1.29 is 0 Å². The second-order valence-corrected chi connectivity index (χ2v) is 6.44. The Morgan fingerprint density at radius 1 is 1.25 bits per heavy atom. The lowest BCUT2D eigenvalue weighted by atomic mass is 9.89. The van der Waals surface area contributed by atoms with Crippen LogP contribution in [0.1, 0.15) is 52.0 Å². The lowest BCUT2D eigenvalue weighted by Crippen LogP contribution is -2.58. The fourth-order valence-electron chi connectivity index (χ4n) is 3.26. The van der Waals surface area contributed by atoms with Crippen molar-refractivity contribution in [2.24, 2.45) is 0 Å². The van der Waals surface area contributed by atoms with Gasteiger partial charge in [0.25, 0.3) is 0 Å². The van der Waals surface area contributed by atoms with Crippen LogP contribution in [0.2, 0.25) is 0 Å². The summed E-state index contributed by atoms with van der Waals surface area (Å²) < 4.78 is 0. The molecule has 0 aliphatic carbocycles. The molecule has 1 aliphatic heterocycles. The van der Waals surface area contributed by atoms with E-state index in [9.17, 15) is 0 Å². The lowest BCUT2D eigenvalue weighted by molar-refractivity contribution is 0.101. The summed E-state index contributed by atoms with van der Waals surface area (Å²) >= 11 is 0. The van der Waals surface area contributed by atoms with Crippen LogP contribution in [0.25, 0.3) is 0 Å². The van der Waals surface area contributed by atoms with E-state index in [4.69, 9.17) is 0 Å². The highest BCUT2D eigenvalue weighted by Gasteiger charge is 2.33. The SMILES string of the molecule is CCCCCC(C)N1CCNC(C)(c2ccccc2)C1. The number of benzene rings is 1. The van der Waals surface area contributed by atoms with Crippen molar-refractivity contribution in [1.82, 2.24) is 10.2 Å². The summed E-state index contributed by atoms with van der Waals surface area (Å²) in [4.78, 5) is 2.67. The molecule has 112 valence electrons. The van der Waals surface area contributed by atoms with E-state index in [1.54, 1.807) is 0 Å². The van der Waals surface area contributed by atoms with Crippen LogP contribution in [0, 0.1) is 0 Å². The van der Waals surface area contributed by atoms with Crippen molar-refractivity contribution in [3.05, 3.63) is 35.9 Å². The third kappa shape index (κ3) is 3.83. The molecule has 1 fully saturated rings. The first-order chi connectivity index (χ1) is 9.65. The van der Waals surface area contributed by atoms with Gasteiger partial charge in [0, 0.05) is 25.7 Å². The summed E-state index contributed by atoms with van der Waals surface area (Å²) in [6.07, 6.45) is 5.38. The van der Waals surface area contributed by atoms with Gasteiger partial charge in [-0.1, -0.05) is 56.5 Å². The first-order valence-electron chi connectivity index (χ1n) is 8.20. The Morgan fingerprint density at radius 2 is 2.00 bits per heavy atom. The minimum Gasteiger partial charge on any atom is -0.305 e. The van der Waals surface area contributed by atoms with Crippen LogP contribution in [0.15, 0.2) is 30.3 Å². The number of nitrogens with one attached hydrogen (secondary N) is 1. The minimum atomic E-state index is 0.0958. The van der Waals surface area contributed by atoms with Gasteiger partial charge in [-0.3, -0.25) is 4.90 Å². The molecule has 20 heavy (non-hydrogen) atoms. The highest BCUT2D eigenvalue weighted by Crippen LogP contribution is 2.26. The number of piperazine rings is 1. The molecule has 2 nitrogen and oxygen atoms in total. The number of nitrogens with zero attached hydrogens (tertiary/aromatic N) is 1. The normalized spacial score (nSPS) is 25.6. The molecular formula is C18H30N2. The van der Waals surface area contributed by atoms with Crippen molar-refractivity contribution in [3.8, 4) is 0 Å². The van der Waals surface area contributed by atoms with E-state index >= 15 is 0 Å². The molecule has 1 N–H and O–H groups in total. The molecule has 2 unspecified atom stereocenters. The second-order valence-electron chi connectivity index (χ2n) is 6.44. The van der Waals surface area contributed by atoms with Gasteiger partial charge < -0.3 is 5.32 Å². The molecule has 1 saturated heterocycles. The highest BCUT2D eigenvalue weighted by molar-refractivity contribution is 5.25. The molecule has 1 heterocycles. The molecule has 0 amide bonds. The zero-order valence-corrected chi connectivity index (χ0v) is 13.4. The van der Waals surface area contributed by atoms with Crippen LogP contribution in [-0.2, 0) is 5.54 Å². The molecule has 1 aromatic rings. The van der Waals surface area contributed by atoms with Gasteiger partial charge >= 0.3 is 0 Å². The summed E-state index contributed by atoms with van der Waals surface area (Å²) in [5, 5.41) is 3.72. The summed E-state index contributed by atoms with van der Waals surface area (Å²) in [7, 11) is 0. The Hall–Kier alpha value is -0.860. The van der Waals surface area contributed by atoms with Crippen molar-refractivity contribution in [1.29, 1.82) is 0 Å². The predicted octanol–water partition coefficient (Wildman–Crippen LogP) is 3.78. The first kappa shape index (κ1) is 15.5. The molecule has 2 atom stereocenters. The van der Waals surface area contributed by atoms with Gasteiger partial charge in [-0.2, -0.15) is 0 Å². The number of hydrogen-bond acceptors (Lipinski definition) is 2.